The fourth-order valence-electron chi connectivity index (χ4n) is 6.24. The summed E-state index contributed by atoms with van der Waals surface area (Å²) < 4.78 is 5.30. The maximum atomic E-state index is 13.4. The van der Waals surface area contributed by atoms with Crippen LogP contribution >= 0.6 is 0 Å². The Balaban J connectivity index is 0.973. The number of fused-ring (bicyclic) bond motifs is 1. The molecule has 6 amide bonds. The summed E-state index contributed by atoms with van der Waals surface area (Å²) >= 11 is 0. The lowest BCUT2D eigenvalue weighted by Gasteiger charge is -2.42. The first-order valence-electron chi connectivity index (χ1n) is 14.6. The number of likely N-dealkylation sites (tertiary alicyclic amines) is 1. The summed E-state index contributed by atoms with van der Waals surface area (Å²) in [4.78, 5) is 80.4. The summed E-state index contributed by atoms with van der Waals surface area (Å²) in [5, 5.41) is 5.10. The van der Waals surface area contributed by atoms with E-state index in [1.54, 1.807) is 18.2 Å². The van der Waals surface area contributed by atoms with Crippen LogP contribution in [0.4, 0.5) is 10.5 Å². The summed E-state index contributed by atoms with van der Waals surface area (Å²) in [5.74, 6) is -1.97. The van der Waals surface area contributed by atoms with E-state index in [2.05, 4.69) is 10.6 Å². The lowest BCUT2D eigenvalue weighted by atomic mass is 9.92. The largest absolute Gasteiger partial charge is 0.445 e. The van der Waals surface area contributed by atoms with Crippen molar-refractivity contribution in [1.82, 2.24) is 20.4 Å². The van der Waals surface area contributed by atoms with Gasteiger partial charge in [0, 0.05) is 51.0 Å². The Morgan fingerprint density at radius 2 is 1.65 bits per heavy atom. The van der Waals surface area contributed by atoms with Crippen LogP contribution in [0.3, 0.4) is 0 Å². The monoisotopic (exact) mass is 587 g/mol. The lowest BCUT2D eigenvalue weighted by Crippen LogP contribution is -2.54. The highest BCUT2D eigenvalue weighted by atomic mass is 16.5. The SMILES string of the molecule is O=C1CCC(N2C(=O)c3cccc(N4CC(CC(=O)N5CCC(NC(=O)OCc6ccccc6)CC5)C4)c3C2=O)C(=O)N1. The highest BCUT2D eigenvalue weighted by Gasteiger charge is 2.47. The van der Waals surface area contributed by atoms with Gasteiger partial charge in [-0.3, -0.25) is 34.2 Å². The minimum atomic E-state index is -1.01. The molecule has 4 aliphatic rings. The van der Waals surface area contributed by atoms with Gasteiger partial charge in [-0.15, -0.1) is 0 Å². The molecule has 2 N–H and O–H groups in total. The zero-order valence-corrected chi connectivity index (χ0v) is 23.6. The van der Waals surface area contributed by atoms with E-state index in [0.717, 1.165) is 10.5 Å². The number of alkyl carbamates (subject to hydrolysis) is 1. The second-order valence-electron chi connectivity index (χ2n) is 11.5. The quantitative estimate of drug-likeness (QED) is 0.467. The summed E-state index contributed by atoms with van der Waals surface area (Å²) in [7, 11) is 0. The Bertz CT molecular complexity index is 1460. The number of amides is 6. The molecule has 0 aromatic heterocycles. The van der Waals surface area contributed by atoms with Crippen molar-refractivity contribution in [2.24, 2.45) is 5.92 Å². The molecule has 2 aromatic carbocycles. The number of carbonyl (C=O) groups is 6. The smallest absolute Gasteiger partial charge is 0.407 e. The predicted molar refractivity (Wildman–Crippen MR) is 153 cm³/mol. The molecular formula is C31H33N5O7. The van der Waals surface area contributed by atoms with Crippen LogP contribution in [0, 0.1) is 5.92 Å². The minimum Gasteiger partial charge on any atom is -0.445 e. The standard InChI is InChI=1S/C31H33N5O7/c37-25-10-9-24(28(39)33-25)36-29(40)22-7-4-8-23(27(22)30(36)41)35-16-20(17-35)15-26(38)34-13-11-21(12-14-34)32-31(42)43-18-19-5-2-1-3-6-19/h1-8,20-21,24H,9-18H2,(H,32,42)(H,33,37,39). The number of ether oxygens (including phenoxy) is 1. The van der Waals surface area contributed by atoms with Crippen molar-refractivity contribution in [3.63, 3.8) is 0 Å². The first-order chi connectivity index (χ1) is 20.8. The molecule has 0 aliphatic carbocycles. The average molecular weight is 588 g/mol. The van der Waals surface area contributed by atoms with Crippen LogP contribution in [0.5, 0.6) is 0 Å². The van der Waals surface area contributed by atoms with E-state index >= 15 is 0 Å². The van der Waals surface area contributed by atoms with Crippen LogP contribution in [0.15, 0.2) is 48.5 Å². The van der Waals surface area contributed by atoms with Crippen LogP contribution in [0.1, 0.15) is 58.4 Å². The number of benzene rings is 2. The summed E-state index contributed by atoms with van der Waals surface area (Å²) in [6.07, 6.45) is 1.38. The Morgan fingerprint density at radius 3 is 2.37 bits per heavy atom. The van der Waals surface area contributed by atoms with Crippen molar-refractivity contribution in [1.29, 1.82) is 0 Å². The van der Waals surface area contributed by atoms with Crippen molar-refractivity contribution >= 4 is 41.3 Å². The third-order valence-corrected chi connectivity index (χ3v) is 8.59. The van der Waals surface area contributed by atoms with Gasteiger partial charge in [0.1, 0.15) is 12.6 Å². The second-order valence-corrected chi connectivity index (χ2v) is 11.5. The molecule has 12 heteroatoms. The fourth-order valence-corrected chi connectivity index (χ4v) is 6.24. The van der Waals surface area contributed by atoms with Crippen molar-refractivity contribution in [3.8, 4) is 0 Å². The van der Waals surface area contributed by atoms with Crippen LogP contribution in [-0.2, 0) is 25.7 Å². The number of rotatable bonds is 7. The van der Waals surface area contributed by atoms with Crippen molar-refractivity contribution < 1.29 is 33.5 Å². The van der Waals surface area contributed by atoms with Gasteiger partial charge < -0.3 is 19.9 Å². The molecule has 0 bridgehead atoms. The minimum absolute atomic E-state index is 0.0494. The highest BCUT2D eigenvalue weighted by Crippen LogP contribution is 2.37. The number of carbonyl (C=O) groups excluding carboxylic acids is 6. The van der Waals surface area contributed by atoms with Crippen LogP contribution < -0.4 is 15.5 Å². The molecule has 3 saturated heterocycles. The number of hydrogen-bond donors (Lipinski definition) is 2. The number of imide groups is 2. The molecule has 12 nitrogen and oxygen atoms in total. The number of nitrogens with one attached hydrogen (secondary N) is 2. The third-order valence-electron chi connectivity index (χ3n) is 8.59. The highest BCUT2D eigenvalue weighted by molar-refractivity contribution is 6.25. The Hall–Kier alpha value is -4.74. The van der Waals surface area contributed by atoms with E-state index in [0.29, 0.717) is 51.1 Å². The third kappa shape index (κ3) is 5.81. The van der Waals surface area contributed by atoms with Gasteiger partial charge >= 0.3 is 6.09 Å². The fraction of sp³-hybridized carbons (Fsp3) is 0.419. The number of nitrogens with zero attached hydrogens (tertiary/aromatic N) is 3. The van der Waals surface area contributed by atoms with Crippen LogP contribution in [-0.4, -0.2) is 83.7 Å². The molecule has 1 atom stereocenters. The van der Waals surface area contributed by atoms with E-state index in [4.69, 9.17) is 4.74 Å². The van der Waals surface area contributed by atoms with Gasteiger partial charge in [0.05, 0.1) is 16.8 Å². The molecule has 6 rings (SSSR count). The second kappa shape index (κ2) is 11.9. The number of piperidine rings is 2. The van der Waals surface area contributed by atoms with Crippen molar-refractivity contribution in [2.75, 3.05) is 31.1 Å². The van der Waals surface area contributed by atoms with Crippen molar-refractivity contribution in [2.45, 2.75) is 50.8 Å². The molecule has 0 radical (unpaired) electrons. The Labute approximate surface area is 248 Å². The Kier molecular flexibility index (Phi) is 7.83. The van der Waals surface area contributed by atoms with Crippen LogP contribution in [0.2, 0.25) is 0 Å². The first-order valence-corrected chi connectivity index (χ1v) is 14.6. The van der Waals surface area contributed by atoms with E-state index in [1.807, 2.05) is 40.1 Å². The maximum absolute atomic E-state index is 13.4. The topological polar surface area (TPSA) is 145 Å². The van der Waals surface area contributed by atoms with Gasteiger partial charge in [0.2, 0.25) is 17.7 Å². The van der Waals surface area contributed by atoms with Gasteiger partial charge in [0.15, 0.2) is 0 Å². The Morgan fingerprint density at radius 1 is 0.907 bits per heavy atom. The lowest BCUT2D eigenvalue weighted by molar-refractivity contribution is -0.136. The molecule has 0 saturated carbocycles. The molecular weight excluding hydrogens is 554 g/mol. The molecule has 2 aromatic rings. The van der Waals surface area contributed by atoms with E-state index in [-0.39, 0.29) is 48.4 Å². The van der Waals surface area contributed by atoms with E-state index in [1.165, 1.54) is 0 Å². The zero-order valence-electron chi connectivity index (χ0n) is 23.6. The van der Waals surface area contributed by atoms with Gasteiger partial charge in [-0.05, 0) is 37.0 Å². The van der Waals surface area contributed by atoms with E-state index < -0.39 is 35.8 Å². The van der Waals surface area contributed by atoms with Gasteiger partial charge in [0.25, 0.3) is 11.8 Å². The summed E-state index contributed by atoms with van der Waals surface area (Å²) in [6, 6.07) is 13.5. The van der Waals surface area contributed by atoms with Gasteiger partial charge in [-0.2, -0.15) is 0 Å². The number of hydrogen-bond acceptors (Lipinski definition) is 8. The molecule has 4 aliphatic heterocycles. The normalized spacial score (nSPS) is 20.9. The predicted octanol–water partition coefficient (Wildman–Crippen LogP) is 1.83. The molecule has 43 heavy (non-hydrogen) atoms. The zero-order chi connectivity index (χ0) is 30.1. The molecule has 4 heterocycles. The van der Waals surface area contributed by atoms with Crippen molar-refractivity contribution in [3.05, 3.63) is 65.2 Å². The van der Waals surface area contributed by atoms with Crippen LogP contribution in [0.25, 0.3) is 0 Å². The molecule has 1 unspecified atom stereocenters. The molecule has 3 fully saturated rings. The van der Waals surface area contributed by atoms with Gasteiger partial charge in [-0.1, -0.05) is 36.4 Å². The summed E-state index contributed by atoms with van der Waals surface area (Å²) in [6.45, 7) is 2.44. The first kappa shape index (κ1) is 28.4. The molecule has 0 spiro atoms. The molecule has 224 valence electrons. The summed E-state index contributed by atoms with van der Waals surface area (Å²) in [5.41, 5.74) is 2.03. The van der Waals surface area contributed by atoms with Gasteiger partial charge in [-0.25, -0.2) is 4.79 Å². The number of anilines is 1. The van der Waals surface area contributed by atoms with E-state index in [9.17, 15) is 28.8 Å². The average Bonchev–Trinajstić information content (AvgIpc) is 3.24. The maximum Gasteiger partial charge on any atom is 0.407 e.